The summed E-state index contributed by atoms with van der Waals surface area (Å²) in [7, 11) is 0. The summed E-state index contributed by atoms with van der Waals surface area (Å²) < 4.78 is 11.3. The van der Waals surface area contributed by atoms with Gasteiger partial charge in [-0.05, 0) is 49.4 Å². The fourth-order valence-corrected chi connectivity index (χ4v) is 4.01. The number of nitrogens with one attached hydrogen (secondary N) is 1. The van der Waals surface area contributed by atoms with Gasteiger partial charge >= 0.3 is 0 Å². The lowest BCUT2D eigenvalue weighted by Gasteiger charge is -2.35. The summed E-state index contributed by atoms with van der Waals surface area (Å²) in [6.45, 7) is 2.53. The highest BCUT2D eigenvalue weighted by Crippen LogP contribution is 2.32. The van der Waals surface area contributed by atoms with Crippen LogP contribution in [0.3, 0.4) is 0 Å². The molecule has 3 atom stereocenters. The third-order valence-corrected chi connectivity index (χ3v) is 5.38. The van der Waals surface area contributed by atoms with E-state index >= 15 is 0 Å². The second kappa shape index (κ2) is 8.01. The molecule has 1 amide bonds. The Morgan fingerprint density at radius 3 is 2.88 bits per heavy atom. The minimum Gasteiger partial charge on any atom is -0.472 e. The largest absolute Gasteiger partial charge is 0.472 e. The number of ether oxygens (including phenoxy) is 1. The number of amides is 1. The lowest BCUT2D eigenvalue weighted by molar-refractivity contribution is -0.143. The highest BCUT2D eigenvalue weighted by atomic mass is 16.5. The number of rotatable bonds is 6. The zero-order chi connectivity index (χ0) is 17.8. The molecule has 26 heavy (non-hydrogen) atoms. The van der Waals surface area contributed by atoms with Crippen molar-refractivity contribution in [2.75, 3.05) is 13.1 Å². The van der Waals surface area contributed by atoms with Crippen molar-refractivity contribution in [3.63, 3.8) is 0 Å². The summed E-state index contributed by atoms with van der Waals surface area (Å²) in [5.41, 5.74) is 2.37. The number of carbonyl (C=O) groups is 1. The van der Waals surface area contributed by atoms with E-state index in [1.165, 1.54) is 11.1 Å². The van der Waals surface area contributed by atoms with E-state index in [-0.39, 0.29) is 18.1 Å². The lowest BCUT2D eigenvalue weighted by atomic mass is 9.98. The molecule has 4 heterocycles. The molecule has 0 bridgehead atoms. The van der Waals surface area contributed by atoms with Crippen LogP contribution >= 0.6 is 0 Å². The Labute approximate surface area is 153 Å². The zero-order valence-corrected chi connectivity index (χ0v) is 14.8. The SMILES string of the molecule is O=C(NCCc1ccncc1)[C@@H]1CC[C@@H]2[C@@H](CCN2Cc2ccoc2)O1. The summed E-state index contributed by atoms with van der Waals surface area (Å²) in [5, 5.41) is 3.02. The Hall–Kier alpha value is -2.18. The molecule has 6 nitrogen and oxygen atoms in total. The summed E-state index contributed by atoms with van der Waals surface area (Å²) >= 11 is 0. The summed E-state index contributed by atoms with van der Waals surface area (Å²) in [4.78, 5) is 18.9. The first kappa shape index (κ1) is 17.2. The van der Waals surface area contributed by atoms with E-state index in [0.717, 1.165) is 38.8 Å². The predicted molar refractivity (Wildman–Crippen MR) is 96.4 cm³/mol. The maximum atomic E-state index is 12.4. The van der Waals surface area contributed by atoms with E-state index in [9.17, 15) is 4.79 Å². The van der Waals surface area contributed by atoms with Gasteiger partial charge in [-0.3, -0.25) is 14.7 Å². The summed E-state index contributed by atoms with van der Waals surface area (Å²) in [6, 6.07) is 6.36. The molecule has 0 unspecified atom stereocenters. The van der Waals surface area contributed by atoms with Crippen molar-refractivity contribution < 1.29 is 13.9 Å². The highest BCUT2D eigenvalue weighted by Gasteiger charge is 2.41. The molecule has 0 saturated carbocycles. The number of pyridine rings is 1. The smallest absolute Gasteiger partial charge is 0.249 e. The number of aromatic nitrogens is 1. The van der Waals surface area contributed by atoms with Gasteiger partial charge in [-0.2, -0.15) is 0 Å². The zero-order valence-electron chi connectivity index (χ0n) is 14.8. The third-order valence-electron chi connectivity index (χ3n) is 5.38. The fraction of sp³-hybridized carbons (Fsp3) is 0.500. The van der Waals surface area contributed by atoms with Crippen molar-refractivity contribution >= 4 is 5.91 Å². The number of hydrogen-bond acceptors (Lipinski definition) is 5. The number of nitrogens with zero attached hydrogens (tertiary/aromatic N) is 2. The van der Waals surface area contributed by atoms with Gasteiger partial charge in [0.15, 0.2) is 0 Å². The Morgan fingerprint density at radius 2 is 2.08 bits per heavy atom. The molecule has 2 saturated heterocycles. The Balaban J connectivity index is 1.24. The topological polar surface area (TPSA) is 67.6 Å². The van der Waals surface area contributed by atoms with Gasteiger partial charge in [-0.15, -0.1) is 0 Å². The van der Waals surface area contributed by atoms with E-state index in [1.807, 2.05) is 18.2 Å². The van der Waals surface area contributed by atoms with Crippen LogP contribution in [0.2, 0.25) is 0 Å². The van der Waals surface area contributed by atoms with E-state index in [0.29, 0.717) is 12.6 Å². The molecule has 2 aromatic heterocycles. The molecule has 0 radical (unpaired) electrons. The van der Waals surface area contributed by atoms with E-state index in [4.69, 9.17) is 9.15 Å². The van der Waals surface area contributed by atoms with Gasteiger partial charge in [-0.25, -0.2) is 0 Å². The van der Waals surface area contributed by atoms with Crippen molar-refractivity contribution in [2.24, 2.45) is 0 Å². The molecular weight excluding hydrogens is 330 g/mol. The summed E-state index contributed by atoms with van der Waals surface area (Å²) in [6.07, 6.45) is 10.5. The molecule has 2 aliphatic rings. The van der Waals surface area contributed by atoms with Crippen LogP contribution in [0.5, 0.6) is 0 Å². The maximum absolute atomic E-state index is 12.4. The molecule has 4 rings (SSSR count). The predicted octanol–water partition coefficient (Wildman–Crippen LogP) is 2.16. The van der Waals surface area contributed by atoms with Crippen LogP contribution in [0.4, 0.5) is 0 Å². The molecule has 6 heteroatoms. The average molecular weight is 355 g/mol. The van der Waals surface area contributed by atoms with Crippen LogP contribution in [-0.2, 0) is 22.5 Å². The lowest BCUT2D eigenvalue weighted by Crippen LogP contribution is -2.47. The van der Waals surface area contributed by atoms with Gasteiger partial charge < -0.3 is 14.5 Å². The van der Waals surface area contributed by atoms with Crippen molar-refractivity contribution in [3.05, 3.63) is 54.2 Å². The first-order chi connectivity index (χ1) is 12.8. The molecular formula is C20H25N3O3. The number of likely N-dealkylation sites (tertiary alicyclic amines) is 1. The standard InChI is InChI=1S/C20H25N3O3/c24-20(22-10-5-15-3-8-21-9-4-15)19-2-1-17-18(26-19)6-11-23(17)13-16-7-12-25-14-16/h3-4,7-9,12,14,17-19H,1-2,5-6,10-11,13H2,(H,22,24)/t17-,18-,19+/m1/s1. The quantitative estimate of drug-likeness (QED) is 0.860. The van der Waals surface area contributed by atoms with Crippen LogP contribution in [0.15, 0.2) is 47.5 Å². The molecule has 1 N–H and O–H groups in total. The fourth-order valence-electron chi connectivity index (χ4n) is 4.01. The van der Waals surface area contributed by atoms with Gasteiger partial charge in [-0.1, -0.05) is 0 Å². The van der Waals surface area contributed by atoms with Gasteiger partial charge in [0.25, 0.3) is 0 Å². The first-order valence-electron chi connectivity index (χ1n) is 9.37. The molecule has 138 valence electrons. The van der Waals surface area contributed by atoms with Crippen LogP contribution in [0.25, 0.3) is 0 Å². The molecule has 0 aromatic carbocycles. The molecule has 0 aliphatic carbocycles. The van der Waals surface area contributed by atoms with Crippen LogP contribution in [-0.4, -0.2) is 47.1 Å². The van der Waals surface area contributed by atoms with E-state index < -0.39 is 0 Å². The van der Waals surface area contributed by atoms with Crippen LogP contribution < -0.4 is 5.32 Å². The van der Waals surface area contributed by atoms with E-state index in [1.54, 1.807) is 24.9 Å². The van der Waals surface area contributed by atoms with Crippen molar-refractivity contribution in [2.45, 2.75) is 50.5 Å². The van der Waals surface area contributed by atoms with Crippen LogP contribution in [0, 0.1) is 0 Å². The molecule has 2 fully saturated rings. The Bertz CT molecular complexity index is 704. The molecule has 2 aliphatic heterocycles. The van der Waals surface area contributed by atoms with Gasteiger partial charge in [0.2, 0.25) is 5.91 Å². The Kier molecular flexibility index (Phi) is 5.32. The number of furan rings is 1. The molecule has 0 spiro atoms. The minimum absolute atomic E-state index is 0.0193. The highest BCUT2D eigenvalue weighted by molar-refractivity contribution is 5.80. The first-order valence-corrected chi connectivity index (χ1v) is 9.37. The number of carbonyl (C=O) groups excluding carboxylic acids is 1. The van der Waals surface area contributed by atoms with Gasteiger partial charge in [0.1, 0.15) is 6.10 Å². The van der Waals surface area contributed by atoms with Gasteiger partial charge in [0.05, 0.1) is 18.6 Å². The summed E-state index contributed by atoms with van der Waals surface area (Å²) in [5.74, 6) is 0.0193. The van der Waals surface area contributed by atoms with Crippen molar-refractivity contribution in [1.29, 1.82) is 0 Å². The number of hydrogen-bond donors (Lipinski definition) is 1. The normalized spacial score (nSPS) is 25.8. The van der Waals surface area contributed by atoms with Crippen LogP contribution in [0.1, 0.15) is 30.4 Å². The minimum atomic E-state index is -0.317. The average Bonchev–Trinajstić information content (AvgIpc) is 3.33. The second-order valence-corrected chi connectivity index (χ2v) is 7.10. The molecule has 2 aromatic rings. The maximum Gasteiger partial charge on any atom is 0.249 e. The Morgan fingerprint density at radius 1 is 1.19 bits per heavy atom. The third kappa shape index (κ3) is 3.97. The van der Waals surface area contributed by atoms with Crippen molar-refractivity contribution in [1.82, 2.24) is 15.2 Å². The van der Waals surface area contributed by atoms with Crippen molar-refractivity contribution in [3.8, 4) is 0 Å². The van der Waals surface area contributed by atoms with Gasteiger partial charge in [0, 0.05) is 43.6 Å². The number of fused-ring (bicyclic) bond motifs is 1. The monoisotopic (exact) mass is 355 g/mol. The van der Waals surface area contributed by atoms with E-state index in [2.05, 4.69) is 15.2 Å². The second-order valence-electron chi connectivity index (χ2n) is 7.10.